The zero-order valence-electron chi connectivity index (χ0n) is 16.8. The Bertz CT molecular complexity index is 1310. The molecule has 1 fully saturated rings. The van der Waals surface area contributed by atoms with Gasteiger partial charge in [0.1, 0.15) is 28.1 Å². The van der Waals surface area contributed by atoms with Crippen LogP contribution in [0.4, 0.5) is 10.1 Å². The summed E-state index contributed by atoms with van der Waals surface area (Å²) in [7, 11) is 1.60. The highest BCUT2D eigenvalue weighted by Gasteiger charge is 2.25. The van der Waals surface area contributed by atoms with Gasteiger partial charge in [0.25, 0.3) is 5.56 Å². The van der Waals surface area contributed by atoms with Gasteiger partial charge in [-0.05, 0) is 30.3 Å². The molecule has 2 aromatic heterocycles. The smallest absolute Gasteiger partial charge is 0.270 e. The van der Waals surface area contributed by atoms with Crippen molar-refractivity contribution in [3.63, 3.8) is 0 Å². The van der Waals surface area contributed by atoms with Gasteiger partial charge in [0.15, 0.2) is 0 Å². The quantitative estimate of drug-likeness (QED) is 0.586. The molecule has 0 amide bonds. The van der Waals surface area contributed by atoms with Crippen LogP contribution in [0, 0.1) is 28.5 Å². The SMILES string of the molecule is Cn1c(=O)c(C#N)c(N2CCN(Cc3cc(C#N)ccc3F)CC2)c2nc(Cl)ccc21. The zero-order valence-corrected chi connectivity index (χ0v) is 17.5. The molecule has 0 aliphatic carbocycles. The standard InChI is InChI=1S/C22H18ClFN6O/c1-28-18-4-5-19(23)27-20(18)21(16(12-26)22(28)31)30-8-6-29(7-9-30)13-15-10-14(11-25)2-3-17(15)24/h2-5,10H,6-9,13H2,1H3. The molecule has 1 saturated heterocycles. The van der Waals surface area contributed by atoms with Gasteiger partial charge >= 0.3 is 0 Å². The maximum atomic E-state index is 14.2. The van der Waals surface area contributed by atoms with E-state index in [1.165, 1.54) is 16.7 Å². The lowest BCUT2D eigenvalue weighted by molar-refractivity contribution is 0.246. The molecule has 1 aliphatic heterocycles. The lowest BCUT2D eigenvalue weighted by Gasteiger charge is -2.36. The van der Waals surface area contributed by atoms with Crippen LogP contribution in [-0.2, 0) is 13.6 Å². The van der Waals surface area contributed by atoms with Crippen molar-refractivity contribution in [2.45, 2.75) is 6.54 Å². The second-order valence-electron chi connectivity index (χ2n) is 7.38. The van der Waals surface area contributed by atoms with Crippen molar-refractivity contribution < 1.29 is 4.39 Å². The molecule has 4 rings (SSSR count). The third-order valence-electron chi connectivity index (χ3n) is 5.55. The molecular weight excluding hydrogens is 419 g/mol. The molecular formula is C22H18ClFN6O. The fourth-order valence-corrected chi connectivity index (χ4v) is 4.06. The highest BCUT2D eigenvalue weighted by Crippen LogP contribution is 2.29. The number of fused-ring (bicyclic) bond motifs is 1. The van der Waals surface area contributed by atoms with E-state index in [4.69, 9.17) is 16.9 Å². The van der Waals surface area contributed by atoms with Crippen molar-refractivity contribution in [2.75, 3.05) is 31.1 Å². The molecule has 1 aromatic carbocycles. The van der Waals surface area contributed by atoms with Gasteiger partial charge in [-0.15, -0.1) is 0 Å². The second kappa shape index (κ2) is 8.35. The van der Waals surface area contributed by atoms with E-state index in [0.717, 1.165) is 0 Å². The molecule has 0 unspecified atom stereocenters. The van der Waals surface area contributed by atoms with Crippen molar-refractivity contribution in [3.8, 4) is 12.1 Å². The summed E-state index contributed by atoms with van der Waals surface area (Å²) in [4.78, 5) is 21.2. The van der Waals surface area contributed by atoms with Crippen LogP contribution in [0.3, 0.4) is 0 Å². The summed E-state index contributed by atoms with van der Waals surface area (Å²) in [6.07, 6.45) is 0. The third kappa shape index (κ3) is 3.84. The van der Waals surface area contributed by atoms with Crippen LogP contribution in [0.1, 0.15) is 16.7 Å². The number of benzene rings is 1. The van der Waals surface area contributed by atoms with Crippen molar-refractivity contribution in [3.05, 3.63) is 68.3 Å². The summed E-state index contributed by atoms with van der Waals surface area (Å²) < 4.78 is 15.6. The van der Waals surface area contributed by atoms with Crippen LogP contribution in [-0.4, -0.2) is 40.6 Å². The number of aryl methyl sites for hydroxylation is 1. The highest BCUT2D eigenvalue weighted by atomic mass is 35.5. The number of hydrogen-bond donors (Lipinski definition) is 0. The molecule has 0 saturated carbocycles. The normalized spacial score (nSPS) is 14.4. The number of halogens is 2. The lowest BCUT2D eigenvalue weighted by atomic mass is 10.1. The molecule has 31 heavy (non-hydrogen) atoms. The average molecular weight is 437 g/mol. The Morgan fingerprint density at radius 2 is 1.87 bits per heavy atom. The predicted octanol–water partition coefficient (Wildman–Crippen LogP) is 2.79. The number of nitriles is 2. The molecule has 0 radical (unpaired) electrons. The summed E-state index contributed by atoms with van der Waals surface area (Å²) in [5, 5.41) is 19.0. The minimum absolute atomic E-state index is 0.0333. The molecule has 0 N–H and O–H groups in total. The van der Waals surface area contributed by atoms with E-state index in [0.29, 0.717) is 60.6 Å². The Kier molecular flexibility index (Phi) is 5.60. The van der Waals surface area contributed by atoms with Gasteiger partial charge in [-0.1, -0.05) is 11.6 Å². The van der Waals surface area contributed by atoms with Gasteiger partial charge in [0, 0.05) is 45.3 Å². The topological polar surface area (TPSA) is 89.0 Å². The van der Waals surface area contributed by atoms with Gasteiger partial charge in [-0.25, -0.2) is 9.37 Å². The summed E-state index contributed by atoms with van der Waals surface area (Å²) in [5.74, 6) is -0.343. The third-order valence-corrected chi connectivity index (χ3v) is 5.76. The molecule has 9 heteroatoms. The van der Waals surface area contributed by atoms with E-state index < -0.39 is 0 Å². The fraction of sp³-hybridized carbons (Fsp3) is 0.273. The molecule has 3 aromatic rings. The van der Waals surface area contributed by atoms with Crippen LogP contribution in [0.5, 0.6) is 0 Å². The molecule has 7 nitrogen and oxygen atoms in total. The number of nitrogens with zero attached hydrogens (tertiary/aromatic N) is 6. The van der Waals surface area contributed by atoms with Gasteiger partial charge in [-0.2, -0.15) is 10.5 Å². The number of piperazine rings is 1. The first-order valence-corrected chi connectivity index (χ1v) is 10.1. The van der Waals surface area contributed by atoms with Crippen LogP contribution in [0.2, 0.25) is 5.15 Å². The first-order chi connectivity index (χ1) is 14.9. The second-order valence-corrected chi connectivity index (χ2v) is 7.77. The summed E-state index contributed by atoms with van der Waals surface area (Å²) >= 11 is 6.10. The minimum atomic E-state index is -0.382. The van der Waals surface area contributed by atoms with Crippen molar-refractivity contribution in [1.82, 2.24) is 14.5 Å². The number of anilines is 1. The van der Waals surface area contributed by atoms with Gasteiger partial charge < -0.3 is 9.47 Å². The summed E-state index contributed by atoms with van der Waals surface area (Å²) in [6, 6.07) is 11.7. The van der Waals surface area contributed by atoms with Gasteiger partial charge in [-0.3, -0.25) is 9.69 Å². The van der Waals surface area contributed by atoms with E-state index in [9.17, 15) is 14.4 Å². The Labute approximate surface area is 183 Å². The summed E-state index contributed by atoms with van der Waals surface area (Å²) in [5.41, 5.74) is 2.13. The predicted molar refractivity (Wildman–Crippen MR) is 115 cm³/mol. The molecule has 3 heterocycles. The van der Waals surface area contributed by atoms with Crippen LogP contribution in [0.25, 0.3) is 11.0 Å². The van der Waals surface area contributed by atoms with Crippen LogP contribution < -0.4 is 10.5 Å². The summed E-state index contributed by atoms with van der Waals surface area (Å²) in [6.45, 7) is 2.63. The zero-order chi connectivity index (χ0) is 22.1. The number of hydrogen-bond acceptors (Lipinski definition) is 6. The molecule has 156 valence electrons. The van der Waals surface area contributed by atoms with Crippen molar-refractivity contribution >= 4 is 28.3 Å². The van der Waals surface area contributed by atoms with E-state index in [2.05, 4.69) is 9.88 Å². The monoisotopic (exact) mass is 436 g/mol. The Morgan fingerprint density at radius 1 is 1.13 bits per heavy atom. The average Bonchev–Trinajstić information content (AvgIpc) is 2.78. The largest absolute Gasteiger partial charge is 0.366 e. The molecule has 0 spiro atoms. The number of aromatic nitrogens is 2. The first-order valence-electron chi connectivity index (χ1n) is 9.68. The van der Waals surface area contributed by atoms with Crippen LogP contribution >= 0.6 is 11.6 Å². The number of pyridine rings is 2. The van der Waals surface area contributed by atoms with Crippen LogP contribution in [0.15, 0.2) is 35.1 Å². The Hall–Kier alpha value is -3.46. The Balaban J connectivity index is 1.63. The van der Waals surface area contributed by atoms with E-state index >= 15 is 0 Å². The van der Waals surface area contributed by atoms with E-state index in [1.807, 2.05) is 17.0 Å². The number of rotatable bonds is 3. The molecule has 1 aliphatic rings. The maximum absolute atomic E-state index is 14.2. The van der Waals surface area contributed by atoms with Crippen molar-refractivity contribution in [1.29, 1.82) is 10.5 Å². The Morgan fingerprint density at radius 3 is 2.55 bits per heavy atom. The fourth-order valence-electron chi connectivity index (χ4n) is 3.91. The first kappa shape index (κ1) is 20.8. The molecule has 0 atom stereocenters. The van der Waals surface area contributed by atoms with E-state index in [-0.39, 0.29) is 22.1 Å². The lowest BCUT2D eigenvalue weighted by Crippen LogP contribution is -2.47. The highest BCUT2D eigenvalue weighted by molar-refractivity contribution is 6.29. The minimum Gasteiger partial charge on any atom is -0.366 e. The van der Waals surface area contributed by atoms with Crippen molar-refractivity contribution in [2.24, 2.45) is 7.05 Å². The molecule has 0 bridgehead atoms. The maximum Gasteiger partial charge on any atom is 0.270 e. The van der Waals surface area contributed by atoms with E-state index in [1.54, 1.807) is 25.2 Å². The van der Waals surface area contributed by atoms with Gasteiger partial charge in [0.2, 0.25) is 0 Å². The van der Waals surface area contributed by atoms with Gasteiger partial charge in [0.05, 0.1) is 22.8 Å².